The summed E-state index contributed by atoms with van der Waals surface area (Å²) in [4.78, 5) is 24.6. The van der Waals surface area contributed by atoms with Crippen molar-refractivity contribution in [3.63, 3.8) is 0 Å². The predicted molar refractivity (Wildman–Crippen MR) is 82.0 cm³/mol. The number of benzene rings is 1. The molecule has 2 aromatic heterocycles. The second kappa shape index (κ2) is 5.34. The highest BCUT2D eigenvalue weighted by Gasteiger charge is 2.26. The fraction of sp³-hybridized carbons (Fsp3) is 0.200. The molecule has 0 atom stereocenters. The van der Waals surface area contributed by atoms with Gasteiger partial charge in [-0.2, -0.15) is 0 Å². The van der Waals surface area contributed by atoms with Gasteiger partial charge in [0.2, 0.25) is 0 Å². The first-order valence-electron chi connectivity index (χ1n) is 6.39. The van der Waals surface area contributed by atoms with Crippen molar-refractivity contribution in [2.45, 2.75) is 0 Å². The molecule has 1 aromatic carbocycles. The minimum atomic E-state index is -0.571. The average molecular weight is 319 g/mol. The first-order valence-corrected chi connectivity index (χ1v) is 7.20. The highest BCUT2D eigenvalue weighted by Crippen LogP contribution is 2.34. The molecule has 114 valence electrons. The van der Waals surface area contributed by atoms with Gasteiger partial charge >= 0.3 is 11.9 Å². The van der Waals surface area contributed by atoms with Gasteiger partial charge < -0.3 is 18.6 Å². The number of ether oxygens (including phenoxy) is 3. The van der Waals surface area contributed by atoms with Crippen molar-refractivity contribution in [3.05, 3.63) is 35.5 Å². The standard InChI is InChI=1S/C15H13NO5S/c1-19-8-4-5-10-11(6-8)22-13-12(15(18)21-3)9(7-16(10)13)14(17)20-2/h4-7H,1-3H3. The van der Waals surface area contributed by atoms with Crippen LogP contribution in [-0.2, 0) is 9.47 Å². The monoisotopic (exact) mass is 319 g/mol. The fourth-order valence-corrected chi connectivity index (χ4v) is 3.54. The van der Waals surface area contributed by atoms with Gasteiger partial charge in [0.05, 0.1) is 37.1 Å². The fourth-order valence-electron chi connectivity index (χ4n) is 2.34. The lowest BCUT2D eigenvalue weighted by Gasteiger charge is -2.00. The summed E-state index contributed by atoms with van der Waals surface area (Å²) in [5.74, 6) is -0.413. The van der Waals surface area contributed by atoms with Crippen LogP contribution in [0.3, 0.4) is 0 Å². The van der Waals surface area contributed by atoms with E-state index in [1.807, 2.05) is 18.2 Å². The van der Waals surface area contributed by atoms with Gasteiger partial charge in [-0.25, -0.2) is 9.59 Å². The molecule has 3 aromatic rings. The van der Waals surface area contributed by atoms with Gasteiger partial charge in [0.1, 0.15) is 16.1 Å². The Morgan fingerprint density at radius 1 is 1.09 bits per heavy atom. The van der Waals surface area contributed by atoms with Crippen LogP contribution in [0, 0.1) is 0 Å². The van der Waals surface area contributed by atoms with Crippen LogP contribution in [-0.4, -0.2) is 37.7 Å². The van der Waals surface area contributed by atoms with E-state index in [1.54, 1.807) is 17.7 Å². The number of nitrogens with zero attached hydrogens (tertiary/aromatic N) is 1. The van der Waals surface area contributed by atoms with Crippen LogP contribution in [0.4, 0.5) is 0 Å². The zero-order valence-corrected chi connectivity index (χ0v) is 13.0. The zero-order chi connectivity index (χ0) is 15.9. The maximum Gasteiger partial charge on any atom is 0.341 e. The molecule has 0 saturated heterocycles. The number of carbonyl (C=O) groups excluding carboxylic acids is 2. The molecule has 0 aliphatic heterocycles. The number of methoxy groups -OCH3 is 3. The van der Waals surface area contributed by atoms with E-state index in [1.165, 1.54) is 25.6 Å². The number of hydrogen-bond donors (Lipinski definition) is 0. The molecule has 0 amide bonds. The van der Waals surface area contributed by atoms with Crippen molar-refractivity contribution in [1.82, 2.24) is 4.40 Å². The summed E-state index contributed by atoms with van der Waals surface area (Å²) >= 11 is 1.38. The van der Waals surface area contributed by atoms with Crippen LogP contribution in [0.1, 0.15) is 20.7 Å². The molecule has 0 fully saturated rings. The van der Waals surface area contributed by atoms with Crippen molar-refractivity contribution < 1.29 is 23.8 Å². The summed E-state index contributed by atoms with van der Waals surface area (Å²) in [7, 11) is 4.15. The number of aromatic nitrogens is 1. The Morgan fingerprint density at radius 3 is 2.45 bits per heavy atom. The van der Waals surface area contributed by atoms with E-state index in [0.29, 0.717) is 4.83 Å². The average Bonchev–Trinajstić information content (AvgIpc) is 3.08. The molecule has 7 heteroatoms. The van der Waals surface area contributed by atoms with Crippen LogP contribution >= 0.6 is 11.3 Å². The van der Waals surface area contributed by atoms with Crippen molar-refractivity contribution in [2.75, 3.05) is 21.3 Å². The van der Waals surface area contributed by atoms with Gasteiger partial charge in [0.15, 0.2) is 0 Å². The van der Waals surface area contributed by atoms with Crippen LogP contribution in [0.5, 0.6) is 5.75 Å². The number of carbonyl (C=O) groups is 2. The van der Waals surface area contributed by atoms with Crippen LogP contribution in [0.2, 0.25) is 0 Å². The predicted octanol–water partition coefficient (Wildman–Crippen LogP) is 2.74. The lowest BCUT2D eigenvalue weighted by atomic mass is 10.2. The third-order valence-electron chi connectivity index (χ3n) is 3.39. The number of esters is 2. The number of rotatable bonds is 3. The highest BCUT2D eigenvalue weighted by molar-refractivity contribution is 7.24. The molecular formula is C15H13NO5S. The molecule has 0 saturated carbocycles. The van der Waals surface area contributed by atoms with E-state index in [0.717, 1.165) is 16.0 Å². The molecule has 0 spiro atoms. The number of hydrogen-bond acceptors (Lipinski definition) is 6. The SMILES string of the molecule is COC(=O)c1cn2c(sc3cc(OC)ccc32)c1C(=O)OC. The summed E-state index contributed by atoms with van der Waals surface area (Å²) < 4.78 is 17.5. The second-order valence-electron chi connectivity index (χ2n) is 4.51. The Morgan fingerprint density at radius 2 is 1.82 bits per heavy atom. The topological polar surface area (TPSA) is 66.2 Å². The summed E-state index contributed by atoms with van der Waals surface area (Å²) in [6.45, 7) is 0. The second-order valence-corrected chi connectivity index (χ2v) is 5.54. The quantitative estimate of drug-likeness (QED) is 0.695. The summed E-state index contributed by atoms with van der Waals surface area (Å²) in [6.07, 6.45) is 1.60. The maximum atomic E-state index is 12.1. The first-order chi connectivity index (χ1) is 10.6. The molecule has 0 unspecified atom stereocenters. The third kappa shape index (κ3) is 2.01. The van der Waals surface area contributed by atoms with Crippen molar-refractivity contribution in [1.29, 1.82) is 0 Å². The lowest BCUT2D eigenvalue weighted by molar-refractivity contribution is 0.0558. The molecule has 0 bridgehead atoms. The molecule has 22 heavy (non-hydrogen) atoms. The van der Waals surface area contributed by atoms with Gasteiger partial charge in [-0.3, -0.25) is 0 Å². The number of thiazole rings is 1. The van der Waals surface area contributed by atoms with E-state index < -0.39 is 11.9 Å². The van der Waals surface area contributed by atoms with Gasteiger partial charge in [-0.1, -0.05) is 0 Å². The van der Waals surface area contributed by atoms with Crippen LogP contribution < -0.4 is 4.74 Å². The Balaban J connectivity index is 2.35. The molecule has 6 nitrogen and oxygen atoms in total. The van der Waals surface area contributed by atoms with Gasteiger partial charge in [0, 0.05) is 6.20 Å². The molecule has 3 rings (SSSR count). The molecule has 2 heterocycles. The summed E-state index contributed by atoms with van der Waals surface area (Å²) in [5, 5.41) is 0. The molecular weight excluding hydrogens is 306 g/mol. The minimum absolute atomic E-state index is 0.193. The van der Waals surface area contributed by atoms with Gasteiger partial charge in [-0.05, 0) is 18.2 Å². The van der Waals surface area contributed by atoms with E-state index in [2.05, 4.69) is 0 Å². The minimum Gasteiger partial charge on any atom is -0.497 e. The van der Waals surface area contributed by atoms with E-state index in [4.69, 9.17) is 14.2 Å². The molecule has 0 N–H and O–H groups in total. The van der Waals surface area contributed by atoms with Gasteiger partial charge in [-0.15, -0.1) is 11.3 Å². The Kier molecular flexibility index (Phi) is 3.50. The van der Waals surface area contributed by atoms with Crippen molar-refractivity contribution >= 4 is 38.3 Å². The largest absolute Gasteiger partial charge is 0.497 e. The molecule has 0 aliphatic carbocycles. The maximum absolute atomic E-state index is 12.1. The molecule has 0 radical (unpaired) electrons. The first kappa shape index (κ1) is 14.4. The van der Waals surface area contributed by atoms with Crippen LogP contribution in [0.15, 0.2) is 24.4 Å². The van der Waals surface area contributed by atoms with Crippen LogP contribution in [0.25, 0.3) is 15.0 Å². The normalized spacial score (nSPS) is 10.9. The third-order valence-corrected chi connectivity index (χ3v) is 4.53. The highest BCUT2D eigenvalue weighted by atomic mass is 32.1. The van der Waals surface area contributed by atoms with E-state index in [-0.39, 0.29) is 11.1 Å². The Labute approximate surface area is 129 Å². The summed E-state index contributed by atoms with van der Waals surface area (Å²) in [5.41, 5.74) is 1.29. The van der Waals surface area contributed by atoms with Crippen molar-refractivity contribution in [3.8, 4) is 5.75 Å². The number of fused-ring (bicyclic) bond motifs is 3. The smallest absolute Gasteiger partial charge is 0.341 e. The summed E-state index contributed by atoms with van der Waals surface area (Å²) in [6, 6.07) is 5.58. The molecule has 0 aliphatic rings. The van der Waals surface area contributed by atoms with E-state index >= 15 is 0 Å². The van der Waals surface area contributed by atoms with Crippen molar-refractivity contribution in [2.24, 2.45) is 0 Å². The lowest BCUT2D eigenvalue weighted by Crippen LogP contribution is -2.09. The van der Waals surface area contributed by atoms with Gasteiger partial charge in [0.25, 0.3) is 0 Å². The van der Waals surface area contributed by atoms with E-state index in [9.17, 15) is 9.59 Å². The Bertz CT molecular complexity index is 892. The Hall–Kier alpha value is -2.54. The zero-order valence-electron chi connectivity index (χ0n) is 12.2.